The van der Waals surface area contributed by atoms with Crippen molar-refractivity contribution < 1.29 is 4.42 Å². The summed E-state index contributed by atoms with van der Waals surface area (Å²) in [5, 5.41) is 1.21. The Morgan fingerprint density at radius 1 is 0.422 bits per heavy atom. The molecule has 2 unspecified atom stereocenters. The average molecular weight is 1090 g/mol. The molecule has 7 aliphatic rings. The van der Waals surface area contributed by atoms with E-state index in [2.05, 4.69) is 247 Å². The van der Waals surface area contributed by atoms with E-state index in [4.69, 9.17) is 4.42 Å². The first-order valence-corrected chi connectivity index (χ1v) is 32.0. The van der Waals surface area contributed by atoms with Crippen molar-refractivity contribution >= 4 is 79.8 Å². The van der Waals surface area contributed by atoms with Crippen molar-refractivity contribution in [3.63, 3.8) is 0 Å². The second-order valence-corrected chi connectivity index (χ2v) is 31.7. The highest BCUT2D eigenvalue weighted by Gasteiger charge is 2.59. The minimum absolute atomic E-state index is 0.00523. The van der Waals surface area contributed by atoms with Gasteiger partial charge in [0.2, 0.25) is 0 Å². The Bertz CT molecular complexity index is 4070. The molecular formula is C78H88BN3O. The zero-order valence-corrected chi connectivity index (χ0v) is 52.9. The lowest BCUT2D eigenvalue weighted by Crippen LogP contribution is -2.61. The topological polar surface area (TPSA) is 22.9 Å². The largest absolute Gasteiger partial charge is 0.468 e. The molecule has 5 heteroatoms. The van der Waals surface area contributed by atoms with Crippen LogP contribution in [-0.4, -0.2) is 12.3 Å². The van der Waals surface area contributed by atoms with Crippen LogP contribution in [0.1, 0.15) is 211 Å². The third-order valence-corrected chi connectivity index (χ3v) is 23.7. The highest BCUT2D eigenvalue weighted by molar-refractivity contribution is 7.00. The number of fused-ring (bicyclic) bond motifs is 12. The van der Waals surface area contributed by atoms with E-state index in [0.29, 0.717) is 0 Å². The summed E-state index contributed by atoms with van der Waals surface area (Å²) in [7, 11) is 0. The number of nitrogens with zero attached hydrogens (tertiary/aromatic N) is 3. The molecule has 7 aromatic carbocycles. The zero-order valence-electron chi connectivity index (χ0n) is 52.9. The van der Waals surface area contributed by atoms with E-state index in [1.54, 1.807) is 5.56 Å². The van der Waals surface area contributed by atoms with Gasteiger partial charge in [0, 0.05) is 50.6 Å². The lowest BCUT2D eigenvalue weighted by molar-refractivity contribution is 0.194. The minimum atomic E-state index is -0.175. The molecule has 0 bridgehead atoms. The van der Waals surface area contributed by atoms with Gasteiger partial charge in [-0.15, -0.1) is 0 Å². The van der Waals surface area contributed by atoms with Gasteiger partial charge in [-0.2, -0.15) is 0 Å². The van der Waals surface area contributed by atoms with Crippen molar-refractivity contribution in [3.8, 4) is 11.1 Å². The predicted molar refractivity (Wildman–Crippen MR) is 354 cm³/mol. The van der Waals surface area contributed by atoms with E-state index >= 15 is 0 Å². The first-order valence-electron chi connectivity index (χ1n) is 32.0. The number of hydrogen-bond donors (Lipinski definition) is 0. The van der Waals surface area contributed by atoms with Crippen LogP contribution in [0, 0.1) is 13.8 Å². The zero-order chi connectivity index (χ0) is 58.1. The van der Waals surface area contributed by atoms with E-state index in [0.717, 1.165) is 55.5 Å². The quantitative estimate of drug-likeness (QED) is 0.164. The van der Waals surface area contributed by atoms with Gasteiger partial charge in [0.15, 0.2) is 0 Å². The summed E-state index contributed by atoms with van der Waals surface area (Å²) in [6.45, 7) is 39.6. The lowest BCUT2D eigenvalue weighted by atomic mass is 9.35. The minimum Gasteiger partial charge on any atom is -0.468 e. The molecule has 0 N–H and O–H groups in total. The average Bonchev–Trinajstić information content (AvgIpc) is 1.88. The maximum Gasteiger partial charge on any atom is 0.297 e. The Morgan fingerprint density at radius 3 is 1.59 bits per heavy atom. The van der Waals surface area contributed by atoms with E-state index in [9.17, 15) is 0 Å². The fourth-order valence-corrected chi connectivity index (χ4v) is 18.2. The Balaban J connectivity index is 1.11. The summed E-state index contributed by atoms with van der Waals surface area (Å²) >= 11 is 0. The molecule has 3 aliphatic heterocycles. The third-order valence-electron chi connectivity index (χ3n) is 23.7. The van der Waals surface area contributed by atoms with Crippen LogP contribution >= 0.6 is 0 Å². The molecule has 0 spiro atoms. The van der Waals surface area contributed by atoms with Crippen LogP contribution in [0.5, 0.6) is 0 Å². The number of benzene rings is 7. The molecule has 1 fully saturated rings. The van der Waals surface area contributed by atoms with Crippen molar-refractivity contribution in [2.24, 2.45) is 0 Å². The van der Waals surface area contributed by atoms with Crippen molar-refractivity contribution in [2.45, 2.75) is 218 Å². The van der Waals surface area contributed by atoms with Gasteiger partial charge in [-0.25, -0.2) is 0 Å². The number of rotatable bonds is 4. The summed E-state index contributed by atoms with van der Waals surface area (Å²) in [6.07, 6.45) is 11.7. The third kappa shape index (κ3) is 7.36. The highest BCUT2D eigenvalue weighted by Crippen LogP contribution is 2.64. The normalized spacial score (nSPS) is 24.0. The van der Waals surface area contributed by atoms with E-state index in [1.807, 2.05) is 0 Å². The van der Waals surface area contributed by atoms with Crippen LogP contribution < -0.4 is 31.3 Å². The molecule has 0 radical (unpaired) electrons. The molecule has 83 heavy (non-hydrogen) atoms. The summed E-state index contributed by atoms with van der Waals surface area (Å²) in [5.41, 5.74) is 30.2. The molecule has 4 heterocycles. The Labute approximate surface area is 497 Å². The predicted octanol–water partition coefficient (Wildman–Crippen LogP) is 19.6. The van der Waals surface area contributed by atoms with E-state index < -0.39 is 0 Å². The first kappa shape index (κ1) is 53.3. The van der Waals surface area contributed by atoms with Crippen LogP contribution in [0.4, 0.5) is 45.5 Å². The Morgan fingerprint density at radius 2 is 0.952 bits per heavy atom. The van der Waals surface area contributed by atoms with Gasteiger partial charge < -0.3 is 19.1 Å². The van der Waals surface area contributed by atoms with E-state index in [-0.39, 0.29) is 50.2 Å². The van der Waals surface area contributed by atoms with Crippen LogP contribution in [-0.2, 0) is 37.9 Å². The molecule has 1 aromatic heterocycles. The smallest absolute Gasteiger partial charge is 0.297 e. The monoisotopic (exact) mass is 1090 g/mol. The van der Waals surface area contributed by atoms with Gasteiger partial charge >= 0.3 is 0 Å². The molecule has 0 saturated heterocycles. The molecular weight excluding hydrogens is 1010 g/mol. The Hall–Kier alpha value is -6.46. The van der Waals surface area contributed by atoms with Crippen LogP contribution in [0.25, 0.3) is 22.1 Å². The summed E-state index contributed by atoms with van der Waals surface area (Å²) in [4.78, 5) is 8.31. The van der Waals surface area contributed by atoms with Crippen molar-refractivity contribution in [1.82, 2.24) is 0 Å². The number of furan rings is 1. The molecule has 0 amide bonds. The van der Waals surface area contributed by atoms with Crippen molar-refractivity contribution in [2.75, 3.05) is 14.7 Å². The fraction of sp³-hybridized carbons (Fsp3) is 0.436. The molecule has 424 valence electrons. The van der Waals surface area contributed by atoms with Crippen molar-refractivity contribution in [1.29, 1.82) is 0 Å². The SMILES string of the molecule is Cc1cc(C)c2c(c1)N(c1cc3c4c(c1)N(c1ccc(-c5ccccc5)cc1)c1c(oc5cc6c(cc15)C(C)(C)CCC6(C)C)B4c1cc4c(cc1N3c1ccc3c(c1)C(C)(C)CCC3(C)C)C(C)(C)CCC4(C)C)C1(C)CCCCC21C. The van der Waals surface area contributed by atoms with Gasteiger partial charge in [-0.1, -0.05) is 164 Å². The fourth-order valence-electron chi connectivity index (χ4n) is 18.2. The number of anilines is 8. The lowest BCUT2D eigenvalue weighted by Gasteiger charge is -2.51. The number of aryl methyl sites for hydroxylation is 2. The highest BCUT2D eigenvalue weighted by atomic mass is 16.3. The molecule has 2 atom stereocenters. The van der Waals surface area contributed by atoms with Gasteiger partial charge in [-0.05, 0) is 237 Å². The molecule has 8 aromatic rings. The second kappa shape index (κ2) is 17.1. The first-order chi connectivity index (χ1) is 39.1. The molecule has 4 aliphatic carbocycles. The summed E-state index contributed by atoms with van der Waals surface area (Å²) < 4.78 is 7.90. The van der Waals surface area contributed by atoms with Crippen LogP contribution in [0.15, 0.2) is 126 Å². The maximum absolute atomic E-state index is 7.90. The molecule has 4 nitrogen and oxygen atoms in total. The van der Waals surface area contributed by atoms with Crippen LogP contribution in [0.3, 0.4) is 0 Å². The molecule has 15 rings (SSSR count). The summed E-state index contributed by atoms with van der Waals surface area (Å²) in [5.74, 6) is 0. The molecule has 1 saturated carbocycles. The van der Waals surface area contributed by atoms with Gasteiger partial charge in [0.05, 0.1) is 16.9 Å². The number of hydrogen-bond acceptors (Lipinski definition) is 4. The van der Waals surface area contributed by atoms with Gasteiger partial charge in [0.1, 0.15) is 5.58 Å². The van der Waals surface area contributed by atoms with Gasteiger partial charge in [0.25, 0.3) is 6.71 Å². The maximum atomic E-state index is 7.90. The van der Waals surface area contributed by atoms with Crippen molar-refractivity contribution in [3.05, 3.63) is 171 Å². The second-order valence-electron chi connectivity index (χ2n) is 31.7. The van der Waals surface area contributed by atoms with Crippen LogP contribution in [0.2, 0.25) is 0 Å². The van der Waals surface area contributed by atoms with Gasteiger partial charge in [-0.3, -0.25) is 0 Å². The summed E-state index contributed by atoms with van der Waals surface area (Å²) in [6, 6.07) is 48.9. The van der Waals surface area contributed by atoms with E-state index in [1.165, 1.54) is 137 Å². The standard InChI is InChI=1S/C78H88BN3O/c1-47-38-48(2)67-63(39-47)82(78(16)31-21-20-30-77(67,78)15)53-41-64-68-65(42-53)81(51-26-24-50(25-27-51)49-22-18-17-19-23-49)69-54-43-57-60(76(13,14)37-34-73(57,7)8)46-66(54)83-70(69)79(68)61-44-58-59(75(11,12)36-35-74(58,9)10)45-62(61)80(64)52-28-29-55-56(40-52)72(5,6)33-32-71(55,3)4/h17-19,22-29,38-46H,20-21,30-37H2,1-16H3. The Kier molecular flexibility index (Phi) is 11.0.